The SMILES string of the molecule is CC(C)(O)CCCS[C@@H](CCc1ccc(Cl)cc1C(=O)O)c1cccc(C=Cc2ccc3ccc(Cl)cc3n2)c1. The van der Waals surface area contributed by atoms with Gasteiger partial charge in [-0.05, 0) is 98.4 Å². The van der Waals surface area contributed by atoms with Crippen molar-refractivity contribution in [2.75, 3.05) is 5.75 Å². The van der Waals surface area contributed by atoms with Gasteiger partial charge in [0.1, 0.15) is 0 Å². The van der Waals surface area contributed by atoms with Crippen LogP contribution in [0.25, 0.3) is 23.1 Å². The number of nitrogens with zero attached hydrogens (tertiary/aromatic N) is 1. The lowest BCUT2D eigenvalue weighted by atomic mass is 9.98. The van der Waals surface area contributed by atoms with Crippen LogP contribution < -0.4 is 0 Å². The highest BCUT2D eigenvalue weighted by atomic mass is 35.5. The highest BCUT2D eigenvalue weighted by Crippen LogP contribution is 2.36. The number of aryl methyl sites for hydroxylation is 1. The number of halogens is 2. The van der Waals surface area contributed by atoms with E-state index in [2.05, 4.69) is 30.3 Å². The number of fused-ring (bicyclic) bond motifs is 1. The predicted octanol–water partition coefficient (Wildman–Crippen LogP) is 9.37. The standard InChI is InChI=1S/C33H33Cl2NO3S/c1-33(2,39)17-4-18-40-31(16-11-23-8-12-26(34)20-29(23)32(37)38)25-6-3-5-22(19-25)7-14-28-15-10-24-9-13-27(35)21-30(24)36-28/h3,5-10,12-15,19-21,31,39H,4,11,16-18H2,1-2H3,(H,37,38)/t31-/m0/s1. The molecule has 0 aliphatic carbocycles. The lowest BCUT2D eigenvalue weighted by Gasteiger charge is -2.20. The topological polar surface area (TPSA) is 70.4 Å². The molecule has 4 aromatic rings. The zero-order valence-corrected chi connectivity index (χ0v) is 24.9. The maximum Gasteiger partial charge on any atom is 0.336 e. The number of pyridine rings is 1. The molecule has 0 unspecified atom stereocenters. The second-order valence-corrected chi connectivity index (χ2v) is 12.7. The van der Waals surface area contributed by atoms with Crippen molar-refractivity contribution in [1.82, 2.24) is 4.98 Å². The van der Waals surface area contributed by atoms with Gasteiger partial charge >= 0.3 is 5.97 Å². The number of carboxylic acid groups (broad SMARTS) is 1. The van der Waals surface area contributed by atoms with Crippen molar-refractivity contribution in [3.63, 3.8) is 0 Å². The molecule has 1 heterocycles. The third-order valence-corrected chi connectivity index (χ3v) is 8.54. The van der Waals surface area contributed by atoms with Gasteiger partial charge in [0.15, 0.2) is 0 Å². The van der Waals surface area contributed by atoms with Crippen molar-refractivity contribution in [2.45, 2.75) is 50.4 Å². The molecule has 4 nitrogen and oxygen atoms in total. The molecule has 208 valence electrons. The minimum Gasteiger partial charge on any atom is -0.478 e. The van der Waals surface area contributed by atoms with Gasteiger partial charge in [-0.3, -0.25) is 0 Å². The lowest BCUT2D eigenvalue weighted by molar-refractivity contribution is 0.0691. The van der Waals surface area contributed by atoms with Crippen LogP contribution in [0.5, 0.6) is 0 Å². The number of aromatic carboxylic acids is 1. The quantitative estimate of drug-likeness (QED) is 0.160. The molecular formula is C33H33Cl2NO3S. The van der Waals surface area contributed by atoms with Crippen molar-refractivity contribution in [3.05, 3.63) is 111 Å². The Kier molecular flexibility index (Phi) is 10.3. The molecule has 0 saturated heterocycles. The van der Waals surface area contributed by atoms with E-state index in [9.17, 15) is 15.0 Å². The van der Waals surface area contributed by atoms with Crippen LogP contribution in [0.2, 0.25) is 10.0 Å². The number of hydrogen-bond acceptors (Lipinski definition) is 4. The van der Waals surface area contributed by atoms with E-state index in [1.807, 2.05) is 68.1 Å². The molecule has 0 aliphatic heterocycles. The number of carbonyl (C=O) groups is 1. The first-order chi connectivity index (χ1) is 19.1. The Bertz CT molecular complexity index is 1510. The molecule has 2 N–H and O–H groups in total. The van der Waals surface area contributed by atoms with Crippen LogP contribution >= 0.6 is 35.0 Å². The molecule has 0 radical (unpaired) electrons. The number of aliphatic hydroxyl groups is 1. The fraction of sp³-hybridized carbons (Fsp3) is 0.273. The number of carboxylic acids is 1. The van der Waals surface area contributed by atoms with Crippen LogP contribution in [0.15, 0.2) is 72.8 Å². The van der Waals surface area contributed by atoms with Crippen molar-refractivity contribution in [2.24, 2.45) is 0 Å². The molecular weight excluding hydrogens is 561 g/mol. The Morgan fingerprint density at radius 2 is 1.75 bits per heavy atom. The van der Waals surface area contributed by atoms with Gasteiger partial charge in [-0.2, -0.15) is 11.8 Å². The van der Waals surface area contributed by atoms with Crippen LogP contribution in [0.1, 0.15) is 71.1 Å². The Labute approximate surface area is 250 Å². The van der Waals surface area contributed by atoms with E-state index in [0.29, 0.717) is 16.5 Å². The minimum atomic E-state index is -0.969. The fourth-order valence-corrected chi connectivity index (χ4v) is 6.13. The average Bonchev–Trinajstić information content (AvgIpc) is 2.91. The van der Waals surface area contributed by atoms with E-state index in [1.54, 1.807) is 6.07 Å². The summed E-state index contributed by atoms with van der Waals surface area (Å²) in [6.45, 7) is 3.66. The van der Waals surface area contributed by atoms with Gasteiger partial charge in [-0.1, -0.05) is 71.7 Å². The van der Waals surface area contributed by atoms with Crippen molar-refractivity contribution < 1.29 is 15.0 Å². The lowest BCUT2D eigenvalue weighted by Crippen LogP contribution is -2.18. The van der Waals surface area contributed by atoms with Crippen LogP contribution in [0.3, 0.4) is 0 Å². The fourth-order valence-electron chi connectivity index (χ4n) is 4.57. The normalized spacial score (nSPS) is 12.7. The van der Waals surface area contributed by atoms with Crippen molar-refractivity contribution >= 4 is 64.0 Å². The van der Waals surface area contributed by atoms with Gasteiger partial charge in [0.05, 0.1) is 22.4 Å². The van der Waals surface area contributed by atoms with Crippen LogP contribution in [0, 0.1) is 0 Å². The molecule has 4 rings (SSSR count). The van der Waals surface area contributed by atoms with Gasteiger partial charge in [-0.25, -0.2) is 9.78 Å². The molecule has 1 aromatic heterocycles. The van der Waals surface area contributed by atoms with Gasteiger partial charge in [-0.15, -0.1) is 0 Å². The molecule has 3 aromatic carbocycles. The second-order valence-electron chi connectivity index (χ2n) is 10.5. The van der Waals surface area contributed by atoms with Crippen LogP contribution in [0.4, 0.5) is 0 Å². The summed E-state index contributed by atoms with van der Waals surface area (Å²) >= 11 is 14.1. The molecule has 0 saturated carbocycles. The summed E-state index contributed by atoms with van der Waals surface area (Å²) in [6, 6.07) is 23.2. The monoisotopic (exact) mass is 593 g/mol. The van der Waals surface area contributed by atoms with E-state index >= 15 is 0 Å². The zero-order chi connectivity index (χ0) is 28.7. The third kappa shape index (κ3) is 8.84. The number of rotatable bonds is 12. The van der Waals surface area contributed by atoms with Gasteiger partial charge in [0.2, 0.25) is 0 Å². The molecule has 0 bridgehead atoms. The predicted molar refractivity (Wildman–Crippen MR) is 170 cm³/mol. The molecule has 0 aliphatic rings. The highest BCUT2D eigenvalue weighted by molar-refractivity contribution is 7.99. The summed E-state index contributed by atoms with van der Waals surface area (Å²) in [4.78, 5) is 16.5. The molecule has 1 atom stereocenters. The van der Waals surface area contributed by atoms with Gasteiger partial charge in [0, 0.05) is 20.7 Å². The molecule has 7 heteroatoms. The summed E-state index contributed by atoms with van der Waals surface area (Å²) in [5, 5.41) is 22.1. The summed E-state index contributed by atoms with van der Waals surface area (Å²) in [7, 11) is 0. The van der Waals surface area contributed by atoms with Crippen LogP contribution in [-0.2, 0) is 6.42 Å². The Morgan fingerprint density at radius 1 is 1.00 bits per heavy atom. The maximum atomic E-state index is 11.8. The Hall–Kier alpha value is -2.83. The number of benzene rings is 3. The zero-order valence-electron chi connectivity index (χ0n) is 22.6. The molecule has 40 heavy (non-hydrogen) atoms. The largest absolute Gasteiger partial charge is 0.478 e. The molecule has 0 amide bonds. The average molecular weight is 595 g/mol. The number of hydrogen-bond donors (Lipinski definition) is 2. The van der Waals surface area contributed by atoms with E-state index < -0.39 is 11.6 Å². The summed E-state index contributed by atoms with van der Waals surface area (Å²) in [5.41, 5.74) is 4.28. The summed E-state index contributed by atoms with van der Waals surface area (Å²) < 4.78 is 0. The first kappa shape index (κ1) is 30.1. The third-order valence-electron chi connectivity index (χ3n) is 6.63. The molecule has 0 fully saturated rings. The Morgan fingerprint density at radius 3 is 2.52 bits per heavy atom. The first-order valence-electron chi connectivity index (χ1n) is 13.3. The van der Waals surface area contributed by atoms with Gasteiger partial charge < -0.3 is 10.2 Å². The first-order valence-corrected chi connectivity index (χ1v) is 15.1. The van der Waals surface area contributed by atoms with E-state index in [-0.39, 0.29) is 10.8 Å². The van der Waals surface area contributed by atoms with Crippen molar-refractivity contribution in [3.8, 4) is 0 Å². The maximum absolute atomic E-state index is 11.8. The van der Waals surface area contributed by atoms with Crippen molar-refractivity contribution in [1.29, 1.82) is 0 Å². The van der Waals surface area contributed by atoms with E-state index in [1.165, 1.54) is 11.6 Å². The smallest absolute Gasteiger partial charge is 0.336 e. The number of thioether (sulfide) groups is 1. The second kappa shape index (κ2) is 13.7. The number of aromatic nitrogens is 1. The molecule has 0 spiro atoms. The minimum absolute atomic E-state index is 0.161. The summed E-state index contributed by atoms with van der Waals surface area (Å²) in [5.74, 6) is -0.0754. The van der Waals surface area contributed by atoms with E-state index in [0.717, 1.165) is 52.7 Å². The van der Waals surface area contributed by atoms with Crippen LogP contribution in [-0.4, -0.2) is 32.5 Å². The van der Waals surface area contributed by atoms with E-state index in [4.69, 9.17) is 28.2 Å². The van der Waals surface area contributed by atoms with Gasteiger partial charge in [0.25, 0.3) is 0 Å². The summed E-state index contributed by atoms with van der Waals surface area (Å²) in [6.07, 6.45) is 7.06. The highest BCUT2D eigenvalue weighted by Gasteiger charge is 2.18. The Balaban J connectivity index is 1.53.